The van der Waals surface area contributed by atoms with E-state index >= 15 is 0 Å². The minimum atomic E-state index is 0.690. The third-order valence-electron chi connectivity index (χ3n) is 3.39. The number of hydrogen-bond donors (Lipinski definition) is 2. The van der Waals surface area contributed by atoms with E-state index in [-0.39, 0.29) is 0 Å². The van der Waals surface area contributed by atoms with Crippen LogP contribution in [0.25, 0.3) is 0 Å². The Morgan fingerprint density at radius 1 is 1.14 bits per heavy atom. The lowest BCUT2D eigenvalue weighted by molar-refractivity contribution is 0.829. The number of hydrogen-bond acceptors (Lipinski definition) is 6. The number of anilines is 2. The lowest BCUT2D eigenvalue weighted by Gasteiger charge is -2.22. The summed E-state index contributed by atoms with van der Waals surface area (Å²) in [5, 5.41) is 7.60. The molecule has 0 aliphatic carbocycles. The first-order chi connectivity index (χ1) is 10.2. The number of aryl methyl sites for hydroxylation is 1. The van der Waals surface area contributed by atoms with Crippen molar-refractivity contribution >= 4 is 35.2 Å². The minimum Gasteiger partial charge on any atom is -0.370 e. The Bertz CT molecular complexity index is 448. The SMILES string of the molecule is CCCc1nc(NCC)c(C)c(NCC2CSCCS2)n1. The van der Waals surface area contributed by atoms with Gasteiger partial charge in [0.1, 0.15) is 17.5 Å². The van der Waals surface area contributed by atoms with Gasteiger partial charge in [-0.15, -0.1) is 0 Å². The molecule has 0 aromatic carbocycles. The lowest BCUT2D eigenvalue weighted by atomic mass is 10.2. The predicted octanol–water partition coefficient (Wildman–Crippen LogP) is 3.43. The van der Waals surface area contributed by atoms with Crippen molar-refractivity contribution in [3.05, 3.63) is 11.4 Å². The first-order valence-electron chi connectivity index (χ1n) is 7.79. The fraction of sp³-hybridized carbons (Fsp3) is 0.733. The zero-order valence-electron chi connectivity index (χ0n) is 13.2. The van der Waals surface area contributed by atoms with E-state index in [0.717, 1.165) is 49.0 Å². The van der Waals surface area contributed by atoms with Crippen molar-refractivity contribution in [3.8, 4) is 0 Å². The summed E-state index contributed by atoms with van der Waals surface area (Å²) in [6, 6.07) is 0. The molecule has 1 saturated heterocycles. The Hall–Kier alpha value is -0.620. The molecule has 2 rings (SSSR count). The molecule has 0 amide bonds. The van der Waals surface area contributed by atoms with E-state index in [1.54, 1.807) is 0 Å². The molecule has 118 valence electrons. The van der Waals surface area contributed by atoms with Crippen molar-refractivity contribution in [3.63, 3.8) is 0 Å². The largest absolute Gasteiger partial charge is 0.370 e. The monoisotopic (exact) mass is 326 g/mol. The van der Waals surface area contributed by atoms with Gasteiger partial charge in [0, 0.05) is 47.6 Å². The fourth-order valence-corrected chi connectivity index (χ4v) is 4.89. The van der Waals surface area contributed by atoms with Gasteiger partial charge in [0.05, 0.1) is 0 Å². The zero-order chi connectivity index (χ0) is 15.1. The van der Waals surface area contributed by atoms with Crippen LogP contribution in [0.5, 0.6) is 0 Å². The fourth-order valence-electron chi connectivity index (χ4n) is 2.28. The maximum absolute atomic E-state index is 4.71. The highest BCUT2D eigenvalue weighted by Gasteiger charge is 2.16. The van der Waals surface area contributed by atoms with E-state index < -0.39 is 0 Å². The molecule has 0 spiro atoms. The summed E-state index contributed by atoms with van der Waals surface area (Å²) in [6.45, 7) is 8.24. The first-order valence-corrected chi connectivity index (χ1v) is 9.99. The van der Waals surface area contributed by atoms with Crippen LogP contribution in [-0.4, -0.2) is 45.6 Å². The van der Waals surface area contributed by atoms with E-state index in [1.165, 1.54) is 17.3 Å². The molecular formula is C15H26N4S2. The number of aromatic nitrogens is 2. The van der Waals surface area contributed by atoms with Crippen LogP contribution in [0.4, 0.5) is 11.6 Å². The van der Waals surface area contributed by atoms with Crippen LogP contribution in [-0.2, 0) is 6.42 Å². The summed E-state index contributed by atoms with van der Waals surface area (Å²) >= 11 is 4.13. The number of nitrogens with one attached hydrogen (secondary N) is 2. The van der Waals surface area contributed by atoms with Crippen molar-refractivity contribution in [1.29, 1.82) is 0 Å². The van der Waals surface area contributed by atoms with Gasteiger partial charge in [-0.05, 0) is 20.3 Å². The number of nitrogens with zero attached hydrogens (tertiary/aromatic N) is 2. The highest BCUT2D eigenvalue weighted by atomic mass is 32.2. The van der Waals surface area contributed by atoms with Crippen LogP contribution in [0.3, 0.4) is 0 Å². The van der Waals surface area contributed by atoms with Gasteiger partial charge in [-0.25, -0.2) is 9.97 Å². The van der Waals surface area contributed by atoms with Crippen molar-refractivity contribution in [2.75, 3.05) is 41.0 Å². The zero-order valence-corrected chi connectivity index (χ0v) is 14.9. The maximum Gasteiger partial charge on any atom is 0.134 e. The molecule has 4 nitrogen and oxygen atoms in total. The van der Waals surface area contributed by atoms with Gasteiger partial charge in [0.15, 0.2) is 0 Å². The average molecular weight is 327 g/mol. The number of thioether (sulfide) groups is 2. The Morgan fingerprint density at radius 3 is 2.52 bits per heavy atom. The molecular weight excluding hydrogens is 300 g/mol. The van der Waals surface area contributed by atoms with Gasteiger partial charge >= 0.3 is 0 Å². The molecule has 0 radical (unpaired) electrons. The second kappa shape index (κ2) is 8.73. The van der Waals surface area contributed by atoms with E-state index in [2.05, 4.69) is 59.9 Å². The van der Waals surface area contributed by atoms with Gasteiger partial charge < -0.3 is 10.6 Å². The Morgan fingerprint density at radius 2 is 1.90 bits per heavy atom. The van der Waals surface area contributed by atoms with Crippen molar-refractivity contribution < 1.29 is 0 Å². The molecule has 1 unspecified atom stereocenters. The standard InChI is InChI=1S/C15H26N4S2/c1-4-6-13-18-14(16-5-2)11(3)15(19-13)17-9-12-10-20-7-8-21-12/h12H,4-10H2,1-3H3,(H2,16,17,18,19). The van der Waals surface area contributed by atoms with Crippen LogP contribution in [0.1, 0.15) is 31.7 Å². The normalized spacial score (nSPS) is 18.5. The van der Waals surface area contributed by atoms with Crippen molar-refractivity contribution in [2.45, 2.75) is 38.9 Å². The van der Waals surface area contributed by atoms with E-state index in [1.807, 2.05) is 0 Å². The first kappa shape index (κ1) is 16.7. The molecule has 1 aliphatic rings. The summed E-state index contributed by atoms with van der Waals surface area (Å²) in [7, 11) is 0. The maximum atomic E-state index is 4.71. The molecule has 1 aliphatic heterocycles. The molecule has 1 atom stereocenters. The summed E-state index contributed by atoms with van der Waals surface area (Å²) in [6.07, 6.45) is 2.00. The van der Waals surface area contributed by atoms with E-state index in [0.29, 0.717) is 5.25 Å². The van der Waals surface area contributed by atoms with Crippen LogP contribution < -0.4 is 10.6 Å². The van der Waals surface area contributed by atoms with E-state index in [9.17, 15) is 0 Å². The van der Waals surface area contributed by atoms with Gasteiger partial charge in [0.25, 0.3) is 0 Å². The summed E-state index contributed by atoms with van der Waals surface area (Å²) in [4.78, 5) is 9.35. The van der Waals surface area contributed by atoms with Gasteiger partial charge in [0.2, 0.25) is 0 Å². The van der Waals surface area contributed by atoms with E-state index in [4.69, 9.17) is 4.98 Å². The molecule has 2 N–H and O–H groups in total. The summed E-state index contributed by atoms with van der Waals surface area (Å²) in [5.74, 6) is 6.71. The lowest BCUT2D eigenvalue weighted by Crippen LogP contribution is -2.24. The Balaban J connectivity index is 2.08. The third-order valence-corrected chi connectivity index (χ3v) is 6.24. The van der Waals surface area contributed by atoms with Crippen molar-refractivity contribution in [2.24, 2.45) is 0 Å². The van der Waals surface area contributed by atoms with Crippen LogP contribution in [0.2, 0.25) is 0 Å². The van der Waals surface area contributed by atoms with Crippen LogP contribution >= 0.6 is 23.5 Å². The highest BCUT2D eigenvalue weighted by molar-refractivity contribution is 8.06. The number of rotatable bonds is 7. The Kier molecular flexibility index (Phi) is 6.96. The topological polar surface area (TPSA) is 49.8 Å². The summed E-state index contributed by atoms with van der Waals surface area (Å²) in [5.41, 5.74) is 1.13. The van der Waals surface area contributed by atoms with Crippen LogP contribution in [0.15, 0.2) is 0 Å². The molecule has 1 fully saturated rings. The third kappa shape index (κ3) is 4.95. The quantitative estimate of drug-likeness (QED) is 0.800. The molecule has 21 heavy (non-hydrogen) atoms. The molecule has 0 bridgehead atoms. The van der Waals surface area contributed by atoms with Gasteiger partial charge in [-0.3, -0.25) is 0 Å². The second-order valence-corrected chi connectivity index (χ2v) is 7.75. The highest BCUT2D eigenvalue weighted by Crippen LogP contribution is 2.25. The summed E-state index contributed by atoms with van der Waals surface area (Å²) < 4.78 is 0. The second-order valence-electron chi connectivity index (χ2n) is 5.19. The van der Waals surface area contributed by atoms with Gasteiger partial charge in [-0.2, -0.15) is 23.5 Å². The predicted molar refractivity (Wildman–Crippen MR) is 97.0 cm³/mol. The minimum absolute atomic E-state index is 0.690. The Labute approximate surface area is 136 Å². The molecule has 1 aromatic rings. The van der Waals surface area contributed by atoms with Crippen LogP contribution in [0, 0.1) is 6.92 Å². The molecule has 1 aromatic heterocycles. The van der Waals surface area contributed by atoms with Crippen molar-refractivity contribution in [1.82, 2.24) is 9.97 Å². The molecule has 6 heteroatoms. The molecule has 2 heterocycles. The molecule has 0 saturated carbocycles. The van der Waals surface area contributed by atoms with Gasteiger partial charge in [-0.1, -0.05) is 6.92 Å². The smallest absolute Gasteiger partial charge is 0.134 e. The average Bonchev–Trinajstić information content (AvgIpc) is 2.50.